The van der Waals surface area contributed by atoms with Crippen LogP contribution in [0.15, 0.2) is 24.3 Å². The van der Waals surface area contributed by atoms with Crippen LogP contribution in [0.3, 0.4) is 0 Å². The van der Waals surface area contributed by atoms with Crippen LogP contribution < -0.4 is 10.1 Å². The first-order chi connectivity index (χ1) is 7.72. The minimum Gasteiger partial charge on any atom is -0.493 e. The molecule has 1 unspecified atom stereocenters. The Hall–Kier alpha value is -1.09. The van der Waals surface area contributed by atoms with Crippen molar-refractivity contribution in [2.45, 2.75) is 20.3 Å². The lowest BCUT2D eigenvalue weighted by molar-refractivity contribution is 0.255. The minimum atomic E-state index is -0.255. The topological polar surface area (TPSA) is 21.3 Å². The Labute approximate surface area is 96.8 Å². The highest BCUT2D eigenvalue weighted by molar-refractivity contribution is 5.22. The van der Waals surface area contributed by atoms with Crippen molar-refractivity contribution in [1.29, 1.82) is 0 Å². The molecule has 1 N–H and O–H groups in total. The summed E-state index contributed by atoms with van der Waals surface area (Å²) in [5.41, 5.74) is 0. The molecule has 0 radical (unpaired) electrons. The van der Waals surface area contributed by atoms with E-state index in [0.717, 1.165) is 19.5 Å². The molecule has 0 aliphatic rings. The highest BCUT2D eigenvalue weighted by atomic mass is 19.1. The highest BCUT2D eigenvalue weighted by Gasteiger charge is 2.03. The fourth-order valence-electron chi connectivity index (χ4n) is 1.38. The Morgan fingerprint density at radius 2 is 2.25 bits per heavy atom. The largest absolute Gasteiger partial charge is 0.493 e. The van der Waals surface area contributed by atoms with Crippen LogP contribution in [0.1, 0.15) is 20.3 Å². The monoisotopic (exact) mass is 225 g/mol. The second-order valence-corrected chi connectivity index (χ2v) is 4.08. The summed E-state index contributed by atoms with van der Waals surface area (Å²) < 4.78 is 18.3. The lowest BCUT2D eigenvalue weighted by Gasteiger charge is -2.13. The van der Waals surface area contributed by atoms with Gasteiger partial charge in [0.05, 0.1) is 6.61 Å². The first kappa shape index (κ1) is 13.0. The van der Waals surface area contributed by atoms with Gasteiger partial charge < -0.3 is 10.1 Å². The second-order valence-electron chi connectivity index (χ2n) is 4.08. The zero-order valence-corrected chi connectivity index (χ0v) is 10.0. The Bertz CT molecular complexity index is 304. The van der Waals surface area contributed by atoms with Crippen LogP contribution >= 0.6 is 0 Å². The fraction of sp³-hybridized carbons (Fsp3) is 0.538. The van der Waals surface area contributed by atoms with Gasteiger partial charge in [0.1, 0.15) is 11.6 Å². The van der Waals surface area contributed by atoms with Gasteiger partial charge in [0, 0.05) is 18.5 Å². The maximum Gasteiger partial charge on any atom is 0.126 e. The summed E-state index contributed by atoms with van der Waals surface area (Å²) in [4.78, 5) is 0. The molecule has 1 aromatic rings. The molecule has 0 aliphatic carbocycles. The van der Waals surface area contributed by atoms with Gasteiger partial charge >= 0.3 is 0 Å². The first-order valence-corrected chi connectivity index (χ1v) is 5.81. The third-order valence-electron chi connectivity index (χ3n) is 2.25. The van der Waals surface area contributed by atoms with Crippen LogP contribution in [-0.2, 0) is 0 Å². The van der Waals surface area contributed by atoms with Gasteiger partial charge in [0.2, 0.25) is 0 Å². The molecule has 0 saturated carbocycles. The zero-order valence-electron chi connectivity index (χ0n) is 10.0. The van der Waals surface area contributed by atoms with E-state index in [2.05, 4.69) is 19.2 Å². The predicted octanol–water partition coefficient (Wildman–Crippen LogP) is 2.84. The molecule has 1 aromatic carbocycles. The minimum absolute atomic E-state index is 0.255. The van der Waals surface area contributed by atoms with E-state index in [9.17, 15) is 4.39 Å². The predicted molar refractivity (Wildman–Crippen MR) is 64.2 cm³/mol. The van der Waals surface area contributed by atoms with Gasteiger partial charge in [-0.1, -0.05) is 19.9 Å². The lowest BCUT2D eigenvalue weighted by Crippen LogP contribution is -2.25. The molecule has 2 nitrogen and oxygen atoms in total. The molecule has 0 saturated heterocycles. The number of nitrogens with one attached hydrogen (secondary N) is 1. The van der Waals surface area contributed by atoms with Gasteiger partial charge in [-0.3, -0.25) is 0 Å². The van der Waals surface area contributed by atoms with Crippen molar-refractivity contribution in [2.24, 2.45) is 5.92 Å². The normalized spacial score (nSPS) is 12.4. The van der Waals surface area contributed by atoms with Crippen LogP contribution in [0.25, 0.3) is 0 Å². The summed E-state index contributed by atoms with van der Waals surface area (Å²) in [5.74, 6) is 0.770. The number of hydrogen-bond acceptors (Lipinski definition) is 2. The van der Waals surface area contributed by atoms with Gasteiger partial charge in [-0.25, -0.2) is 4.39 Å². The second kappa shape index (κ2) is 7.23. The molecule has 0 spiro atoms. The molecule has 1 atom stereocenters. The molecule has 3 heteroatoms. The maximum absolute atomic E-state index is 12.8. The molecule has 0 aliphatic heterocycles. The average Bonchev–Trinajstić information content (AvgIpc) is 2.27. The fourth-order valence-corrected chi connectivity index (χ4v) is 1.38. The first-order valence-electron chi connectivity index (χ1n) is 5.81. The Morgan fingerprint density at radius 3 is 2.94 bits per heavy atom. The molecule has 1 rings (SSSR count). The van der Waals surface area contributed by atoms with Crippen molar-refractivity contribution in [3.63, 3.8) is 0 Å². The van der Waals surface area contributed by atoms with Crippen molar-refractivity contribution in [1.82, 2.24) is 5.32 Å². The smallest absolute Gasteiger partial charge is 0.126 e. The SMILES string of the molecule is CCCNCC(C)COc1cccc(F)c1. The number of ether oxygens (including phenoxy) is 1. The van der Waals surface area contributed by atoms with Crippen molar-refractivity contribution in [3.8, 4) is 5.75 Å². The number of benzene rings is 1. The molecular weight excluding hydrogens is 205 g/mol. The molecule has 90 valence electrons. The number of rotatable bonds is 7. The van der Waals surface area contributed by atoms with E-state index in [4.69, 9.17) is 4.74 Å². The van der Waals surface area contributed by atoms with Crippen molar-refractivity contribution in [2.75, 3.05) is 19.7 Å². The van der Waals surface area contributed by atoms with E-state index in [-0.39, 0.29) is 5.82 Å². The van der Waals surface area contributed by atoms with Crippen molar-refractivity contribution in [3.05, 3.63) is 30.1 Å². The van der Waals surface area contributed by atoms with E-state index in [0.29, 0.717) is 18.3 Å². The molecule has 16 heavy (non-hydrogen) atoms. The molecule has 0 fully saturated rings. The van der Waals surface area contributed by atoms with Crippen LogP contribution in [-0.4, -0.2) is 19.7 Å². The van der Waals surface area contributed by atoms with E-state index in [1.165, 1.54) is 12.1 Å². The Kier molecular flexibility index (Phi) is 5.86. The summed E-state index contributed by atoms with van der Waals surface area (Å²) in [6, 6.07) is 6.26. The van der Waals surface area contributed by atoms with E-state index < -0.39 is 0 Å². The van der Waals surface area contributed by atoms with Crippen molar-refractivity contribution < 1.29 is 9.13 Å². The summed E-state index contributed by atoms with van der Waals surface area (Å²) in [6.45, 7) is 6.83. The average molecular weight is 225 g/mol. The third kappa shape index (κ3) is 5.12. The standard InChI is InChI=1S/C13H20FNO/c1-3-7-15-9-11(2)10-16-13-6-4-5-12(14)8-13/h4-6,8,11,15H,3,7,9-10H2,1-2H3. The van der Waals surface area contributed by atoms with E-state index in [1.54, 1.807) is 12.1 Å². The summed E-state index contributed by atoms with van der Waals surface area (Å²) in [5, 5.41) is 3.33. The van der Waals surface area contributed by atoms with Gasteiger partial charge in [0.25, 0.3) is 0 Å². The molecule has 0 amide bonds. The van der Waals surface area contributed by atoms with Gasteiger partial charge in [-0.15, -0.1) is 0 Å². The zero-order chi connectivity index (χ0) is 11.8. The van der Waals surface area contributed by atoms with Gasteiger partial charge in [0.15, 0.2) is 0 Å². The Morgan fingerprint density at radius 1 is 1.44 bits per heavy atom. The Balaban J connectivity index is 2.23. The van der Waals surface area contributed by atoms with E-state index in [1.807, 2.05) is 0 Å². The quantitative estimate of drug-likeness (QED) is 0.720. The highest BCUT2D eigenvalue weighted by Crippen LogP contribution is 2.12. The number of hydrogen-bond donors (Lipinski definition) is 1. The summed E-state index contributed by atoms with van der Waals surface area (Å²) in [6.07, 6.45) is 1.14. The van der Waals surface area contributed by atoms with Crippen molar-refractivity contribution >= 4 is 0 Å². The molecule has 0 bridgehead atoms. The van der Waals surface area contributed by atoms with Gasteiger partial charge in [-0.2, -0.15) is 0 Å². The molecule has 0 heterocycles. The number of halogens is 1. The lowest BCUT2D eigenvalue weighted by atomic mass is 10.2. The maximum atomic E-state index is 12.8. The molecule has 0 aromatic heterocycles. The van der Waals surface area contributed by atoms with Crippen LogP contribution in [0.4, 0.5) is 4.39 Å². The molecular formula is C13H20FNO. The summed E-state index contributed by atoms with van der Waals surface area (Å²) in [7, 11) is 0. The third-order valence-corrected chi connectivity index (χ3v) is 2.25. The van der Waals surface area contributed by atoms with Crippen LogP contribution in [0, 0.1) is 11.7 Å². The van der Waals surface area contributed by atoms with Crippen LogP contribution in [0.2, 0.25) is 0 Å². The van der Waals surface area contributed by atoms with Gasteiger partial charge in [-0.05, 0) is 25.1 Å². The van der Waals surface area contributed by atoms with E-state index >= 15 is 0 Å². The van der Waals surface area contributed by atoms with Crippen LogP contribution in [0.5, 0.6) is 5.75 Å². The summed E-state index contributed by atoms with van der Waals surface area (Å²) >= 11 is 0.